The fourth-order valence-electron chi connectivity index (χ4n) is 6.05. The van der Waals surface area contributed by atoms with Gasteiger partial charge in [-0.15, -0.1) is 0 Å². The molecular weight excluding hydrogens is 490 g/mol. The van der Waals surface area contributed by atoms with Crippen molar-refractivity contribution in [2.75, 3.05) is 11.1 Å². The highest BCUT2D eigenvalue weighted by Crippen LogP contribution is 2.49. The molecule has 1 spiro atoms. The highest BCUT2D eigenvalue weighted by atomic mass is 32.2. The molecule has 2 aliphatic carbocycles. The SMILES string of the molecule is Cc1ccc(NC(=O)CSc2nc3c(c(=O)n2-c2ccccc2)C2(CCCCC2)Cc2ccccc2-3)cc1. The van der Waals surface area contributed by atoms with E-state index in [-0.39, 0.29) is 22.6 Å². The molecule has 1 saturated carbocycles. The molecule has 1 amide bonds. The van der Waals surface area contributed by atoms with Gasteiger partial charge in [-0.3, -0.25) is 14.2 Å². The molecule has 6 heteroatoms. The summed E-state index contributed by atoms with van der Waals surface area (Å²) in [5, 5.41) is 3.51. The highest BCUT2D eigenvalue weighted by Gasteiger charge is 2.43. The van der Waals surface area contributed by atoms with E-state index in [0.29, 0.717) is 5.16 Å². The van der Waals surface area contributed by atoms with Crippen LogP contribution in [0.4, 0.5) is 5.69 Å². The molecule has 192 valence electrons. The van der Waals surface area contributed by atoms with E-state index >= 15 is 0 Å². The first-order valence-electron chi connectivity index (χ1n) is 13.3. The second-order valence-electron chi connectivity index (χ2n) is 10.5. The fraction of sp³-hybridized carbons (Fsp3) is 0.281. The predicted molar refractivity (Wildman–Crippen MR) is 154 cm³/mol. The first-order valence-corrected chi connectivity index (χ1v) is 14.3. The summed E-state index contributed by atoms with van der Waals surface area (Å²) in [6.07, 6.45) is 6.36. The Kier molecular flexibility index (Phi) is 6.66. The first-order chi connectivity index (χ1) is 18.5. The monoisotopic (exact) mass is 521 g/mol. The van der Waals surface area contributed by atoms with Gasteiger partial charge in [0.2, 0.25) is 5.91 Å². The van der Waals surface area contributed by atoms with E-state index in [1.165, 1.54) is 23.7 Å². The molecule has 6 rings (SSSR count). The third kappa shape index (κ3) is 4.58. The van der Waals surface area contributed by atoms with Gasteiger partial charge in [0.15, 0.2) is 5.16 Å². The van der Waals surface area contributed by atoms with Gasteiger partial charge in [0.05, 0.1) is 22.7 Å². The van der Waals surface area contributed by atoms with Crippen LogP contribution in [0.5, 0.6) is 0 Å². The smallest absolute Gasteiger partial charge is 0.263 e. The summed E-state index contributed by atoms with van der Waals surface area (Å²) in [6.45, 7) is 2.02. The molecule has 3 aromatic carbocycles. The Labute approximate surface area is 227 Å². The van der Waals surface area contributed by atoms with Gasteiger partial charge in [-0.2, -0.15) is 0 Å². The van der Waals surface area contributed by atoms with E-state index in [1.807, 2.05) is 67.6 Å². The van der Waals surface area contributed by atoms with Crippen LogP contribution in [-0.4, -0.2) is 21.2 Å². The van der Waals surface area contributed by atoms with Crippen LogP contribution in [0.15, 0.2) is 88.8 Å². The van der Waals surface area contributed by atoms with Gasteiger partial charge < -0.3 is 5.32 Å². The van der Waals surface area contributed by atoms with E-state index in [9.17, 15) is 9.59 Å². The molecule has 1 fully saturated rings. The number of aryl methyl sites for hydroxylation is 1. The fourth-order valence-corrected chi connectivity index (χ4v) is 6.86. The lowest BCUT2D eigenvalue weighted by molar-refractivity contribution is -0.113. The van der Waals surface area contributed by atoms with Gasteiger partial charge in [-0.1, -0.05) is 91.2 Å². The Morgan fingerprint density at radius 2 is 1.66 bits per heavy atom. The first kappa shape index (κ1) is 24.7. The van der Waals surface area contributed by atoms with Crippen LogP contribution in [0.1, 0.15) is 48.8 Å². The van der Waals surface area contributed by atoms with Crippen LogP contribution in [0, 0.1) is 6.92 Å². The molecule has 0 aliphatic heterocycles. The minimum Gasteiger partial charge on any atom is -0.325 e. The van der Waals surface area contributed by atoms with Gasteiger partial charge in [-0.05, 0) is 56.0 Å². The summed E-state index contributed by atoms with van der Waals surface area (Å²) in [6, 6.07) is 25.8. The minimum atomic E-state index is -0.186. The molecule has 5 nitrogen and oxygen atoms in total. The average molecular weight is 522 g/mol. The number of anilines is 1. The van der Waals surface area contributed by atoms with E-state index in [0.717, 1.165) is 65.9 Å². The molecule has 4 aromatic rings. The van der Waals surface area contributed by atoms with Crippen molar-refractivity contribution in [1.82, 2.24) is 9.55 Å². The normalized spacial score (nSPS) is 15.5. The molecule has 1 N–H and O–H groups in total. The molecule has 0 saturated heterocycles. The number of rotatable bonds is 5. The topological polar surface area (TPSA) is 64.0 Å². The van der Waals surface area contributed by atoms with Gasteiger partial charge in [0, 0.05) is 16.7 Å². The van der Waals surface area contributed by atoms with Crippen molar-refractivity contribution in [3.05, 3.63) is 106 Å². The summed E-state index contributed by atoms with van der Waals surface area (Å²) >= 11 is 1.31. The van der Waals surface area contributed by atoms with Gasteiger partial charge in [0.25, 0.3) is 5.56 Å². The van der Waals surface area contributed by atoms with Crippen molar-refractivity contribution in [2.24, 2.45) is 0 Å². The molecule has 2 aliphatic rings. The Bertz CT molecular complexity index is 1540. The van der Waals surface area contributed by atoms with Crippen molar-refractivity contribution < 1.29 is 4.79 Å². The number of aromatic nitrogens is 2. The average Bonchev–Trinajstić information content (AvgIpc) is 2.94. The maximum Gasteiger partial charge on any atom is 0.263 e. The quantitative estimate of drug-likeness (QED) is 0.235. The molecule has 1 aromatic heterocycles. The number of hydrogen-bond donors (Lipinski definition) is 1. The van der Waals surface area contributed by atoms with Crippen molar-refractivity contribution >= 4 is 23.4 Å². The second-order valence-corrected chi connectivity index (χ2v) is 11.4. The second kappa shape index (κ2) is 10.3. The molecule has 0 unspecified atom stereocenters. The number of benzene rings is 3. The standard InChI is InChI=1S/C32H31N3O2S/c1-22-14-16-24(17-15-22)33-27(36)21-38-31-34-29-26-13-7-6-10-23(26)20-32(18-8-3-9-19-32)28(29)30(37)35(31)25-11-4-2-5-12-25/h2,4-7,10-17H,3,8-9,18-21H2,1H3,(H,33,36). The van der Waals surface area contributed by atoms with Crippen molar-refractivity contribution in [3.8, 4) is 16.9 Å². The van der Waals surface area contributed by atoms with E-state index in [1.54, 1.807) is 4.57 Å². The van der Waals surface area contributed by atoms with Crippen molar-refractivity contribution in [3.63, 3.8) is 0 Å². The minimum absolute atomic E-state index is 0.000884. The molecular formula is C32H31N3O2S. The van der Waals surface area contributed by atoms with E-state index in [2.05, 4.69) is 23.5 Å². The third-order valence-corrected chi connectivity index (χ3v) is 8.82. The van der Waals surface area contributed by atoms with Crippen LogP contribution in [-0.2, 0) is 16.6 Å². The van der Waals surface area contributed by atoms with Gasteiger partial charge in [-0.25, -0.2) is 4.98 Å². The van der Waals surface area contributed by atoms with Crippen molar-refractivity contribution in [2.45, 2.75) is 56.0 Å². The number of amides is 1. The largest absolute Gasteiger partial charge is 0.325 e. The third-order valence-electron chi connectivity index (χ3n) is 7.88. The van der Waals surface area contributed by atoms with Crippen LogP contribution >= 0.6 is 11.8 Å². The number of thioether (sulfide) groups is 1. The van der Waals surface area contributed by atoms with Crippen LogP contribution in [0.3, 0.4) is 0 Å². The Morgan fingerprint density at radius 1 is 0.947 bits per heavy atom. The zero-order valence-electron chi connectivity index (χ0n) is 21.6. The molecule has 0 radical (unpaired) electrons. The molecule has 38 heavy (non-hydrogen) atoms. The van der Waals surface area contributed by atoms with Crippen molar-refractivity contribution in [1.29, 1.82) is 0 Å². The lowest BCUT2D eigenvalue weighted by Gasteiger charge is -2.42. The summed E-state index contributed by atoms with van der Waals surface area (Å²) < 4.78 is 1.73. The number of carbonyl (C=O) groups is 1. The summed E-state index contributed by atoms with van der Waals surface area (Å²) in [5.41, 5.74) is 6.45. The predicted octanol–water partition coefficient (Wildman–Crippen LogP) is 6.70. The zero-order chi connectivity index (χ0) is 26.1. The Morgan fingerprint density at radius 3 is 2.42 bits per heavy atom. The van der Waals surface area contributed by atoms with Crippen LogP contribution in [0.2, 0.25) is 0 Å². The highest BCUT2D eigenvalue weighted by molar-refractivity contribution is 7.99. The van der Waals surface area contributed by atoms with Gasteiger partial charge >= 0.3 is 0 Å². The lowest BCUT2D eigenvalue weighted by atomic mass is 9.62. The Balaban J connectivity index is 1.45. The van der Waals surface area contributed by atoms with E-state index < -0.39 is 0 Å². The lowest BCUT2D eigenvalue weighted by Crippen LogP contribution is -2.43. The van der Waals surface area contributed by atoms with Crippen LogP contribution < -0.4 is 10.9 Å². The zero-order valence-corrected chi connectivity index (χ0v) is 22.4. The molecule has 0 atom stereocenters. The number of nitrogens with zero attached hydrogens (tertiary/aromatic N) is 2. The summed E-state index contributed by atoms with van der Waals surface area (Å²) in [4.78, 5) is 32.6. The maximum atomic E-state index is 14.5. The number of nitrogens with one attached hydrogen (secondary N) is 1. The number of fused-ring (bicyclic) bond motifs is 4. The van der Waals surface area contributed by atoms with Crippen LogP contribution in [0.25, 0.3) is 16.9 Å². The van der Waals surface area contributed by atoms with Gasteiger partial charge in [0.1, 0.15) is 0 Å². The maximum absolute atomic E-state index is 14.5. The summed E-state index contributed by atoms with van der Waals surface area (Å²) in [7, 11) is 0. The Hall–Kier alpha value is -3.64. The molecule has 0 bridgehead atoms. The summed E-state index contributed by atoms with van der Waals surface area (Å²) in [5.74, 6) is 0.0215. The van der Waals surface area contributed by atoms with E-state index in [4.69, 9.17) is 4.98 Å². The number of carbonyl (C=O) groups excluding carboxylic acids is 1. The number of hydrogen-bond acceptors (Lipinski definition) is 4. The molecule has 1 heterocycles. The number of para-hydroxylation sites is 1.